The molecule has 4 rings (SSSR count). The van der Waals surface area contributed by atoms with E-state index < -0.39 is 11.5 Å². The van der Waals surface area contributed by atoms with Crippen molar-refractivity contribution in [2.24, 2.45) is 0 Å². The Bertz CT molecular complexity index is 837. The molecular formula is C22H19NO2. The fourth-order valence-electron chi connectivity index (χ4n) is 4.07. The third kappa shape index (κ3) is 2.13. The molecule has 0 aromatic heterocycles. The third-order valence-corrected chi connectivity index (χ3v) is 5.05. The molecule has 3 nitrogen and oxygen atoms in total. The number of fused-ring (bicyclic) bond motifs is 1. The van der Waals surface area contributed by atoms with Gasteiger partial charge in [-0.15, -0.1) is 0 Å². The first-order chi connectivity index (χ1) is 12.3. The molecule has 3 heteroatoms. The van der Waals surface area contributed by atoms with Crippen molar-refractivity contribution in [3.63, 3.8) is 0 Å². The van der Waals surface area contributed by atoms with Crippen molar-refractivity contribution in [1.82, 2.24) is 0 Å². The first kappa shape index (κ1) is 15.6. The Balaban J connectivity index is 2.12. The van der Waals surface area contributed by atoms with Crippen LogP contribution in [0.15, 0.2) is 84.9 Å². The van der Waals surface area contributed by atoms with E-state index in [9.17, 15) is 4.79 Å². The zero-order chi connectivity index (χ0) is 17.3. The second kappa shape index (κ2) is 6.19. The van der Waals surface area contributed by atoms with Crippen LogP contribution in [-0.4, -0.2) is 19.4 Å². The van der Waals surface area contributed by atoms with Gasteiger partial charge in [0, 0.05) is 0 Å². The van der Waals surface area contributed by atoms with Gasteiger partial charge >= 0.3 is 0 Å². The molecule has 0 aliphatic carbocycles. The minimum absolute atomic E-state index is 0.486. The number of hydrogen-bond acceptors (Lipinski definition) is 3. The lowest BCUT2D eigenvalue weighted by molar-refractivity contribution is -0.111. The molecule has 1 atom stereocenters. The van der Waals surface area contributed by atoms with Crippen molar-refractivity contribution in [2.45, 2.75) is 11.5 Å². The SMILES string of the molecule is CON1c2ccccc2C(c2ccccc2)(c2ccccc2)C1C=O. The van der Waals surface area contributed by atoms with E-state index in [1.165, 1.54) is 0 Å². The van der Waals surface area contributed by atoms with Crippen LogP contribution in [0.1, 0.15) is 16.7 Å². The molecule has 0 N–H and O–H groups in total. The highest BCUT2D eigenvalue weighted by atomic mass is 16.7. The van der Waals surface area contributed by atoms with E-state index in [2.05, 4.69) is 30.3 Å². The fraction of sp³-hybridized carbons (Fsp3) is 0.136. The van der Waals surface area contributed by atoms with E-state index in [-0.39, 0.29) is 0 Å². The maximum absolute atomic E-state index is 12.3. The molecule has 1 aliphatic heterocycles. The molecule has 0 saturated heterocycles. The average Bonchev–Trinajstić information content (AvgIpc) is 2.99. The van der Waals surface area contributed by atoms with Gasteiger partial charge in [-0.2, -0.15) is 0 Å². The van der Waals surface area contributed by atoms with E-state index in [4.69, 9.17) is 4.84 Å². The van der Waals surface area contributed by atoms with E-state index >= 15 is 0 Å². The summed E-state index contributed by atoms with van der Waals surface area (Å²) in [6.07, 6.45) is 0.990. The number of hydrogen-bond donors (Lipinski definition) is 0. The standard InChI is InChI=1S/C22H19NO2/c1-25-23-20-15-9-8-14-19(20)22(21(23)16-24,17-10-4-2-5-11-17)18-12-6-3-7-13-18/h2-16,21H,1H3. The summed E-state index contributed by atoms with van der Waals surface area (Å²) in [5.74, 6) is 0. The van der Waals surface area contributed by atoms with Crippen LogP contribution < -0.4 is 5.06 Å². The van der Waals surface area contributed by atoms with Crippen LogP contribution >= 0.6 is 0 Å². The summed E-state index contributed by atoms with van der Waals surface area (Å²) in [7, 11) is 1.61. The highest BCUT2D eigenvalue weighted by molar-refractivity contribution is 5.82. The number of benzene rings is 3. The zero-order valence-electron chi connectivity index (χ0n) is 14.0. The van der Waals surface area contributed by atoms with E-state index in [0.717, 1.165) is 28.7 Å². The predicted octanol–water partition coefficient (Wildman–Crippen LogP) is 3.97. The molecule has 0 amide bonds. The normalized spacial score (nSPS) is 18.0. The maximum atomic E-state index is 12.3. The van der Waals surface area contributed by atoms with Gasteiger partial charge in [-0.3, -0.25) is 4.84 Å². The van der Waals surface area contributed by atoms with Gasteiger partial charge in [0.15, 0.2) is 0 Å². The summed E-state index contributed by atoms with van der Waals surface area (Å²) >= 11 is 0. The Morgan fingerprint density at radius 2 is 1.36 bits per heavy atom. The Hall–Kier alpha value is -2.91. The molecule has 3 aromatic carbocycles. The number of carbonyl (C=O) groups excluding carboxylic acids is 1. The quantitative estimate of drug-likeness (QED) is 0.678. The van der Waals surface area contributed by atoms with Gasteiger partial charge in [0.1, 0.15) is 12.3 Å². The molecule has 1 heterocycles. The lowest BCUT2D eigenvalue weighted by atomic mass is 9.67. The molecule has 0 spiro atoms. The number of hydroxylamine groups is 1. The summed E-state index contributed by atoms with van der Waals surface area (Å²) in [4.78, 5) is 17.9. The fourth-order valence-corrected chi connectivity index (χ4v) is 4.07. The zero-order valence-corrected chi connectivity index (χ0v) is 14.0. The Labute approximate surface area is 147 Å². The molecule has 1 unspecified atom stereocenters. The summed E-state index contributed by atoms with van der Waals surface area (Å²) in [6, 6.07) is 28.0. The van der Waals surface area contributed by atoms with Gasteiger partial charge < -0.3 is 4.79 Å². The van der Waals surface area contributed by atoms with Gasteiger partial charge in [0.05, 0.1) is 18.2 Å². The van der Waals surface area contributed by atoms with Crippen molar-refractivity contribution in [3.8, 4) is 0 Å². The summed E-state index contributed by atoms with van der Waals surface area (Å²) in [5.41, 5.74) is 3.54. The van der Waals surface area contributed by atoms with Gasteiger partial charge in [-0.25, -0.2) is 5.06 Å². The minimum atomic E-state index is -0.614. The lowest BCUT2D eigenvalue weighted by Gasteiger charge is -2.36. The average molecular weight is 329 g/mol. The highest BCUT2D eigenvalue weighted by Gasteiger charge is 2.53. The molecule has 0 saturated carbocycles. The molecule has 25 heavy (non-hydrogen) atoms. The van der Waals surface area contributed by atoms with Crippen molar-refractivity contribution in [3.05, 3.63) is 102 Å². The highest BCUT2D eigenvalue weighted by Crippen LogP contribution is 2.52. The van der Waals surface area contributed by atoms with Gasteiger partial charge in [0.2, 0.25) is 0 Å². The lowest BCUT2D eigenvalue weighted by Crippen LogP contribution is -2.47. The van der Waals surface area contributed by atoms with Crippen molar-refractivity contribution < 1.29 is 9.63 Å². The Morgan fingerprint density at radius 1 is 0.840 bits per heavy atom. The first-order valence-electron chi connectivity index (χ1n) is 8.33. The molecule has 0 bridgehead atoms. The van der Waals surface area contributed by atoms with Crippen LogP contribution in [0.2, 0.25) is 0 Å². The van der Waals surface area contributed by atoms with Gasteiger partial charge in [0.25, 0.3) is 0 Å². The van der Waals surface area contributed by atoms with Gasteiger partial charge in [-0.1, -0.05) is 78.9 Å². The van der Waals surface area contributed by atoms with Crippen molar-refractivity contribution >= 4 is 12.0 Å². The van der Waals surface area contributed by atoms with Crippen LogP contribution in [0.4, 0.5) is 5.69 Å². The van der Waals surface area contributed by atoms with Crippen molar-refractivity contribution in [2.75, 3.05) is 12.2 Å². The van der Waals surface area contributed by atoms with Crippen LogP contribution in [0.25, 0.3) is 0 Å². The van der Waals surface area contributed by atoms with Crippen molar-refractivity contribution in [1.29, 1.82) is 0 Å². The molecule has 3 aromatic rings. The van der Waals surface area contributed by atoms with E-state index in [1.54, 1.807) is 12.2 Å². The van der Waals surface area contributed by atoms with Gasteiger partial charge in [-0.05, 0) is 22.8 Å². The number of anilines is 1. The number of carbonyl (C=O) groups is 1. The molecule has 0 radical (unpaired) electrons. The van der Waals surface area contributed by atoms with Crippen LogP contribution in [0.5, 0.6) is 0 Å². The predicted molar refractivity (Wildman–Crippen MR) is 98.5 cm³/mol. The summed E-state index contributed by atoms with van der Waals surface area (Å²) < 4.78 is 0. The second-order valence-corrected chi connectivity index (χ2v) is 6.15. The minimum Gasteiger partial charge on any atom is -0.301 e. The maximum Gasteiger partial charge on any atom is 0.146 e. The van der Waals surface area contributed by atoms with Crippen LogP contribution in [0, 0.1) is 0 Å². The number of para-hydroxylation sites is 1. The number of nitrogens with zero attached hydrogens (tertiary/aromatic N) is 1. The Kier molecular flexibility index (Phi) is 3.86. The molecule has 1 aliphatic rings. The van der Waals surface area contributed by atoms with Crippen LogP contribution in [0.3, 0.4) is 0 Å². The molecule has 124 valence electrons. The number of aldehydes is 1. The van der Waals surface area contributed by atoms with E-state index in [0.29, 0.717) is 0 Å². The summed E-state index contributed by atoms with van der Waals surface area (Å²) in [6.45, 7) is 0. The van der Waals surface area contributed by atoms with Crippen LogP contribution in [-0.2, 0) is 15.0 Å². The Morgan fingerprint density at radius 3 is 1.88 bits per heavy atom. The monoisotopic (exact) mass is 329 g/mol. The largest absolute Gasteiger partial charge is 0.301 e. The number of rotatable bonds is 4. The summed E-state index contributed by atoms with van der Waals surface area (Å²) in [5, 5.41) is 1.72. The third-order valence-electron chi connectivity index (χ3n) is 5.05. The first-order valence-corrected chi connectivity index (χ1v) is 8.33. The molecule has 0 fully saturated rings. The molecular weight excluding hydrogens is 310 g/mol. The second-order valence-electron chi connectivity index (χ2n) is 6.15. The smallest absolute Gasteiger partial charge is 0.146 e. The van der Waals surface area contributed by atoms with E-state index in [1.807, 2.05) is 54.6 Å². The topological polar surface area (TPSA) is 29.5 Å².